The maximum Gasteiger partial charge on any atom is 0.264 e. The smallest absolute Gasteiger partial charge is 0.264 e. The molecule has 1 saturated carbocycles. The molecule has 218 valence electrons. The third kappa shape index (κ3) is 7.27. The van der Waals surface area contributed by atoms with Crippen LogP contribution >= 0.6 is 0 Å². The fourth-order valence-corrected chi connectivity index (χ4v) is 6.68. The molecule has 0 aliphatic heterocycles. The van der Waals surface area contributed by atoms with Crippen LogP contribution in [0, 0.1) is 6.92 Å². The zero-order valence-corrected chi connectivity index (χ0v) is 24.8. The van der Waals surface area contributed by atoms with Gasteiger partial charge in [-0.25, -0.2) is 8.42 Å². The van der Waals surface area contributed by atoms with Gasteiger partial charge in [0.15, 0.2) is 0 Å². The summed E-state index contributed by atoms with van der Waals surface area (Å²) < 4.78 is 34.7. The van der Waals surface area contributed by atoms with E-state index in [4.69, 9.17) is 4.74 Å². The Hall–Kier alpha value is -3.85. The van der Waals surface area contributed by atoms with E-state index >= 15 is 0 Å². The van der Waals surface area contributed by atoms with E-state index in [1.165, 1.54) is 24.1 Å². The lowest BCUT2D eigenvalue weighted by molar-refractivity contribution is -0.140. The van der Waals surface area contributed by atoms with Crippen LogP contribution in [0.1, 0.15) is 50.2 Å². The Morgan fingerprint density at radius 3 is 2.22 bits per heavy atom. The van der Waals surface area contributed by atoms with Gasteiger partial charge < -0.3 is 15.0 Å². The Bertz CT molecular complexity index is 1420. The summed E-state index contributed by atoms with van der Waals surface area (Å²) in [6.07, 6.45) is 4.37. The first-order valence-corrected chi connectivity index (χ1v) is 15.5. The molecule has 2 amide bonds. The third-order valence-electron chi connectivity index (χ3n) is 7.52. The number of aryl methyl sites for hydroxylation is 1. The maximum absolute atomic E-state index is 14.2. The van der Waals surface area contributed by atoms with Crippen LogP contribution in [0.4, 0.5) is 5.69 Å². The number of methoxy groups -OCH3 is 1. The van der Waals surface area contributed by atoms with Gasteiger partial charge >= 0.3 is 0 Å². The molecule has 0 unspecified atom stereocenters. The molecule has 1 atom stereocenters. The number of hydrogen-bond acceptors (Lipinski definition) is 5. The van der Waals surface area contributed by atoms with Crippen molar-refractivity contribution in [2.24, 2.45) is 0 Å². The van der Waals surface area contributed by atoms with E-state index in [-0.39, 0.29) is 29.1 Å². The van der Waals surface area contributed by atoms with Crippen molar-refractivity contribution in [3.63, 3.8) is 0 Å². The first-order chi connectivity index (χ1) is 19.7. The molecule has 0 bridgehead atoms. The number of benzene rings is 3. The normalized spacial score (nSPS) is 14.3. The average Bonchev–Trinajstić information content (AvgIpc) is 3.49. The van der Waals surface area contributed by atoms with Gasteiger partial charge in [-0.05, 0) is 56.0 Å². The van der Waals surface area contributed by atoms with Gasteiger partial charge in [-0.3, -0.25) is 13.9 Å². The van der Waals surface area contributed by atoms with Crippen molar-refractivity contribution in [1.82, 2.24) is 10.2 Å². The Balaban J connectivity index is 1.73. The first kappa shape index (κ1) is 30.1. The topological polar surface area (TPSA) is 96.0 Å². The maximum atomic E-state index is 14.2. The van der Waals surface area contributed by atoms with Crippen molar-refractivity contribution in [2.45, 2.75) is 69.5 Å². The minimum absolute atomic E-state index is 0.0578. The molecule has 3 aromatic rings. The zero-order valence-electron chi connectivity index (χ0n) is 24.0. The van der Waals surface area contributed by atoms with E-state index in [1.54, 1.807) is 36.4 Å². The fraction of sp³-hybridized carbons (Fsp3) is 0.375. The minimum Gasteiger partial charge on any atom is -0.495 e. The molecule has 1 N–H and O–H groups in total. The summed E-state index contributed by atoms with van der Waals surface area (Å²) in [6, 6.07) is 22.0. The lowest BCUT2D eigenvalue weighted by atomic mass is 10.1. The van der Waals surface area contributed by atoms with Crippen LogP contribution < -0.4 is 14.4 Å². The molecule has 0 radical (unpaired) electrons. The Labute approximate surface area is 243 Å². The highest BCUT2D eigenvalue weighted by atomic mass is 32.2. The van der Waals surface area contributed by atoms with Crippen molar-refractivity contribution < 1.29 is 22.7 Å². The standard InChI is InChI=1S/C32H39N3O5S/c1-4-28(32(37)33-26-14-8-9-15-26)34(22-25-12-6-5-7-13-25)31(36)23-35(29-16-10-11-17-30(29)40-3)41(38,39)27-20-18-24(2)19-21-27/h5-7,10-13,16-21,26,28H,4,8-9,14-15,22-23H2,1-3H3,(H,33,37)/t28-/m1/s1. The number of amides is 2. The van der Waals surface area contributed by atoms with Crippen LogP contribution in [0.25, 0.3) is 0 Å². The van der Waals surface area contributed by atoms with E-state index in [2.05, 4.69) is 5.32 Å². The van der Waals surface area contributed by atoms with Crippen LogP contribution in [0.5, 0.6) is 5.75 Å². The number of hydrogen-bond donors (Lipinski definition) is 1. The zero-order chi connectivity index (χ0) is 29.4. The van der Waals surface area contributed by atoms with Crippen molar-refractivity contribution in [1.29, 1.82) is 0 Å². The molecule has 1 aliphatic carbocycles. The summed E-state index contributed by atoms with van der Waals surface area (Å²) in [5, 5.41) is 3.13. The van der Waals surface area contributed by atoms with Gasteiger partial charge in [0.2, 0.25) is 11.8 Å². The molecule has 41 heavy (non-hydrogen) atoms. The molecule has 1 aliphatic rings. The Morgan fingerprint density at radius 1 is 0.951 bits per heavy atom. The van der Waals surface area contributed by atoms with E-state index in [0.717, 1.165) is 41.1 Å². The molecule has 0 saturated heterocycles. The summed E-state index contributed by atoms with van der Waals surface area (Å²) in [7, 11) is -2.71. The van der Waals surface area contributed by atoms with Gasteiger partial charge in [0.05, 0.1) is 17.7 Å². The number of nitrogens with one attached hydrogen (secondary N) is 1. The number of carbonyl (C=O) groups is 2. The second kappa shape index (κ2) is 13.7. The summed E-state index contributed by atoms with van der Waals surface area (Å²) in [5.41, 5.74) is 2.00. The number of ether oxygens (including phenoxy) is 1. The number of rotatable bonds is 12. The number of nitrogens with zero attached hydrogens (tertiary/aromatic N) is 2. The molecule has 1 fully saturated rings. The monoisotopic (exact) mass is 577 g/mol. The lowest BCUT2D eigenvalue weighted by Crippen LogP contribution is -2.53. The van der Waals surface area contributed by atoms with Crippen LogP contribution in [-0.2, 0) is 26.2 Å². The molecule has 8 nitrogen and oxygen atoms in total. The molecule has 0 heterocycles. The average molecular weight is 578 g/mol. The first-order valence-electron chi connectivity index (χ1n) is 14.1. The highest BCUT2D eigenvalue weighted by Gasteiger charge is 2.35. The summed E-state index contributed by atoms with van der Waals surface area (Å²) in [5.74, 6) is -0.380. The van der Waals surface area contributed by atoms with Crippen LogP contribution in [0.3, 0.4) is 0 Å². The molecule has 0 spiro atoms. The quantitative estimate of drug-likeness (QED) is 0.325. The number of carbonyl (C=O) groups excluding carboxylic acids is 2. The van der Waals surface area contributed by atoms with E-state index < -0.39 is 28.5 Å². The van der Waals surface area contributed by atoms with Gasteiger partial charge in [0, 0.05) is 12.6 Å². The van der Waals surface area contributed by atoms with Crippen LogP contribution in [-0.4, -0.2) is 50.9 Å². The number of anilines is 1. The van der Waals surface area contributed by atoms with E-state index in [9.17, 15) is 18.0 Å². The van der Waals surface area contributed by atoms with E-state index in [1.807, 2.05) is 44.2 Å². The van der Waals surface area contributed by atoms with Crippen molar-refractivity contribution in [2.75, 3.05) is 18.0 Å². The Morgan fingerprint density at radius 2 is 1.59 bits per heavy atom. The predicted molar refractivity (Wildman–Crippen MR) is 160 cm³/mol. The van der Waals surface area contributed by atoms with Gasteiger partial charge in [0.1, 0.15) is 18.3 Å². The van der Waals surface area contributed by atoms with E-state index in [0.29, 0.717) is 12.2 Å². The van der Waals surface area contributed by atoms with Crippen molar-refractivity contribution in [3.8, 4) is 5.75 Å². The second-order valence-electron chi connectivity index (χ2n) is 10.4. The van der Waals surface area contributed by atoms with Crippen molar-refractivity contribution in [3.05, 3.63) is 90.0 Å². The highest BCUT2D eigenvalue weighted by molar-refractivity contribution is 7.92. The fourth-order valence-electron chi connectivity index (χ4n) is 5.25. The minimum atomic E-state index is -4.17. The number of sulfonamides is 1. The lowest BCUT2D eigenvalue weighted by Gasteiger charge is -2.34. The van der Waals surface area contributed by atoms with Gasteiger partial charge in [-0.15, -0.1) is 0 Å². The Kier molecular flexibility index (Phi) is 10.0. The van der Waals surface area contributed by atoms with Gasteiger partial charge in [-0.2, -0.15) is 0 Å². The molecule has 4 rings (SSSR count). The van der Waals surface area contributed by atoms with Gasteiger partial charge in [0.25, 0.3) is 10.0 Å². The largest absolute Gasteiger partial charge is 0.495 e. The molecule has 0 aromatic heterocycles. The second-order valence-corrected chi connectivity index (χ2v) is 12.3. The van der Waals surface area contributed by atoms with Crippen LogP contribution in [0.2, 0.25) is 0 Å². The summed E-state index contributed by atoms with van der Waals surface area (Å²) >= 11 is 0. The third-order valence-corrected chi connectivity index (χ3v) is 9.30. The summed E-state index contributed by atoms with van der Waals surface area (Å²) in [4.78, 5) is 29.3. The van der Waals surface area contributed by atoms with Gasteiger partial charge in [-0.1, -0.05) is 79.9 Å². The molecular weight excluding hydrogens is 538 g/mol. The van der Waals surface area contributed by atoms with Crippen LogP contribution in [0.15, 0.2) is 83.8 Å². The number of para-hydroxylation sites is 2. The van der Waals surface area contributed by atoms with Crippen molar-refractivity contribution >= 4 is 27.5 Å². The molecule has 3 aromatic carbocycles. The molecular formula is C32H39N3O5S. The SMILES string of the molecule is CC[C@H](C(=O)NC1CCCC1)N(Cc1ccccc1)C(=O)CN(c1ccccc1OC)S(=O)(=O)c1ccc(C)cc1. The predicted octanol–water partition coefficient (Wildman–Crippen LogP) is 5.07. The molecule has 9 heteroatoms. The summed E-state index contributed by atoms with van der Waals surface area (Å²) in [6.45, 7) is 3.41. The highest BCUT2D eigenvalue weighted by Crippen LogP contribution is 2.32.